The second kappa shape index (κ2) is 66.4. The zero-order valence-corrected chi connectivity index (χ0v) is 51.9. The molecule has 0 fully saturated rings. The molecule has 78 heavy (non-hydrogen) atoms. The highest BCUT2D eigenvalue weighted by Crippen LogP contribution is 2.17. The summed E-state index contributed by atoms with van der Waals surface area (Å²) >= 11 is 0. The molecule has 0 aromatic carbocycles. The number of hydrogen-bond donors (Lipinski definition) is 0. The molecular weight excluding hydrogens is 961 g/mol. The monoisotopic (exact) mass is 1090 g/mol. The first kappa shape index (κ1) is 74.8. The van der Waals surface area contributed by atoms with Gasteiger partial charge in [0.15, 0.2) is 6.10 Å². The lowest BCUT2D eigenvalue weighted by atomic mass is 10.0. The molecule has 0 heterocycles. The largest absolute Gasteiger partial charge is 0.462 e. The molecule has 0 saturated heterocycles. The molecule has 0 amide bonds. The van der Waals surface area contributed by atoms with Gasteiger partial charge in [-0.05, 0) is 89.9 Å². The van der Waals surface area contributed by atoms with Gasteiger partial charge in [0.05, 0.1) is 0 Å². The van der Waals surface area contributed by atoms with Gasteiger partial charge in [-0.2, -0.15) is 0 Å². The van der Waals surface area contributed by atoms with Crippen LogP contribution in [-0.2, 0) is 28.6 Å². The highest BCUT2D eigenvalue weighted by atomic mass is 16.6. The summed E-state index contributed by atoms with van der Waals surface area (Å²) in [5, 5.41) is 0. The molecule has 0 radical (unpaired) electrons. The zero-order chi connectivity index (χ0) is 56.4. The lowest BCUT2D eigenvalue weighted by Gasteiger charge is -2.18. The van der Waals surface area contributed by atoms with E-state index in [2.05, 4.69) is 93.7 Å². The summed E-state index contributed by atoms with van der Waals surface area (Å²) in [6.07, 6.45) is 86.3. The third kappa shape index (κ3) is 63.7. The molecule has 0 aliphatic carbocycles. The Kier molecular flexibility index (Phi) is 63.7. The van der Waals surface area contributed by atoms with Crippen molar-refractivity contribution in [3.8, 4) is 0 Å². The number of allylic oxidation sites excluding steroid dienone is 12. The summed E-state index contributed by atoms with van der Waals surface area (Å²) in [6, 6.07) is 0. The number of unbranched alkanes of at least 4 members (excludes halogenated alkanes) is 39. The van der Waals surface area contributed by atoms with Gasteiger partial charge < -0.3 is 14.2 Å². The van der Waals surface area contributed by atoms with Crippen molar-refractivity contribution in [2.45, 2.75) is 354 Å². The number of esters is 3. The van der Waals surface area contributed by atoms with Gasteiger partial charge in [-0.15, -0.1) is 0 Å². The van der Waals surface area contributed by atoms with Crippen LogP contribution in [0.4, 0.5) is 0 Å². The third-order valence-electron chi connectivity index (χ3n) is 14.9. The predicted molar refractivity (Wildman–Crippen MR) is 339 cm³/mol. The first-order valence-electron chi connectivity index (χ1n) is 33.9. The molecule has 452 valence electrons. The number of carbonyl (C=O) groups is 3. The molecular formula is C72H128O6. The summed E-state index contributed by atoms with van der Waals surface area (Å²) < 4.78 is 17.0. The van der Waals surface area contributed by atoms with Gasteiger partial charge in [-0.25, -0.2) is 0 Å². The molecule has 0 saturated carbocycles. The number of ether oxygens (including phenoxy) is 3. The summed E-state index contributed by atoms with van der Waals surface area (Å²) in [5.74, 6) is -0.872. The van der Waals surface area contributed by atoms with Gasteiger partial charge in [0.1, 0.15) is 13.2 Å². The number of hydrogen-bond acceptors (Lipinski definition) is 6. The van der Waals surface area contributed by atoms with E-state index in [-0.39, 0.29) is 31.1 Å². The Morgan fingerprint density at radius 2 is 0.500 bits per heavy atom. The van der Waals surface area contributed by atoms with Crippen molar-refractivity contribution in [1.82, 2.24) is 0 Å². The molecule has 6 nitrogen and oxygen atoms in total. The molecule has 0 spiro atoms. The summed E-state index contributed by atoms with van der Waals surface area (Å²) in [5.41, 5.74) is 0. The topological polar surface area (TPSA) is 78.9 Å². The van der Waals surface area contributed by atoms with Gasteiger partial charge in [0.25, 0.3) is 0 Å². The second-order valence-electron chi connectivity index (χ2n) is 22.7. The minimum atomic E-state index is -0.783. The Morgan fingerprint density at radius 3 is 0.782 bits per heavy atom. The minimum Gasteiger partial charge on any atom is -0.462 e. The van der Waals surface area contributed by atoms with Crippen LogP contribution in [0, 0.1) is 0 Å². The average Bonchev–Trinajstić information content (AvgIpc) is 3.44. The highest BCUT2D eigenvalue weighted by molar-refractivity contribution is 5.71. The van der Waals surface area contributed by atoms with Crippen LogP contribution < -0.4 is 0 Å². The molecule has 6 heteroatoms. The Bertz CT molecular complexity index is 1440. The molecule has 0 aliphatic rings. The predicted octanol–water partition coefficient (Wildman–Crippen LogP) is 23.3. The van der Waals surface area contributed by atoms with Gasteiger partial charge in [0.2, 0.25) is 0 Å². The fraction of sp³-hybridized carbons (Fsp3) is 0.792. The Balaban J connectivity index is 4.33. The van der Waals surface area contributed by atoms with Crippen LogP contribution >= 0.6 is 0 Å². The number of rotatable bonds is 62. The van der Waals surface area contributed by atoms with E-state index in [1.165, 1.54) is 205 Å². The molecule has 0 aliphatic heterocycles. The lowest BCUT2D eigenvalue weighted by molar-refractivity contribution is -0.167. The van der Waals surface area contributed by atoms with Crippen LogP contribution in [0.25, 0.3) is 0 Å². The van der Waals surface area contributed by atoms with Crippen LogP contribution in [-0.4, -0.2) is 37.2 Å². The first-order valence-corrected chi connectivity index (χ1v) is 33.9. The van der Waals surface area contributed by atoms with Crippen molar-refractivity contribution in [1.29, 1.82) is 0 Å². The van der Waals surface area contributed by atoms with E-state index < -0.39 is 6.10 Å². The van der Waals surface area contributed by atoms with Crippen LogP contribution in [0.2, 0.25) is 0 Å². The molecule has 0 bridgehead atoms. The van der Waals surface area contributed by atoms with Crippen LogP contribution in [0.15, 0.2) is 72.9 Å². The van der Waals surface area contributed by atoms with Crippen LogP contribution in [0.3, 0.4) is 0 Å². The molecule has 0 rings (SSSR count). The Labute approximate surface area is 484 Å². The fourth-order valence-electron chi connectivity index (χ4n) is 9.88. The third-order valence-corrected chi connectivity index (χ3v) is 14.9. The van der Waals surface area contributed by atoms with E-state index in [1.807, 2.05) is 0 Å². The maximum atomic E-state index is 12.9. The highest BCUT2D eigenvalue weighted by Gasteiger charge is 2.19. The van der Waals surface area contributed by atoms with Crippen molar-refractivity contribution in [3.05, 3.63) is 72.9 Å². The molecule has 0 aromatic rings. The summed E-state index contributed by atoms with van der Waals surface area (Å²) in [6.45, 7) is 6.56. The van der Waals surface area contributed by atoms with Crippen LogP contribution in [0.5, 0.6) is 0 Å². The fourth-order valence-corrected chi connectivity index (χ4v) is 9.88. The van der Waals surface area contributed by atoms with Crippen molar-refractivity contribution in [2.24, 2.45) is 0 Å². The lowest BCUT2D eigenvalue weighted by Crippen LogP contribution is -2.30. The van der Waals surface area contributed by atoms with E-state index in [1.54, 1.807) is 0 Å². The SMILES string of the molecule is CC/C=C\C/C=C\C/C=C\C/C=C\CCCCCCCCC(=O)OC(COC(=O)CCCCCCCCCCCCCCC/C=C\C/C=C\CCCCCCC)COC(=O)CCCCCCCCCCCCCCCCCC. The maximum absolute atomic E-state index is 12.9. The van der Waals surface area contributed by atoms with Crippen molar-refractivity contribution >= 4 is 17.9 Å². The van der Waals surface area contributed by atoms with Gasteiger partial charge in [-0.3, -0.25) is 14.4 Å². The minimum absolute atomic E-state index is 0.0777. The molecule has 0 aromatic heterocycles. The Morgan fingerprint density at radius 1 is 0.269 bits per heavy atom. The smallest absolute Gasteiger partial charge is 0.306 e. The quantitative estimate of drug-likeness (QED) is 0.0261. The van der Waals surface area contributed by atoms with Gasteiger partial charge >= 0.3 is 17.9 Å². The first-order chi connectivity index (χ1) is 38.5. The van der Waals surface area contributed by atoms with Crippen molar-refractivity contribution in [3.63, 3.8) is 0 Å². The normalized spacial score (nSPS) is 12.5. The summed E-state index contributed by atoms with van der Waals surface area (Å²) in [4.78, 5) is 38.4. The zero-order valence-electron chi connectivity index (χ0n) is 51.9. The van der Waals surface area contributed by atoms with Gasteiger partial charge in [0, 0.05) is 19.3 Å². The van der Waals surface area contributed by atoms with E-state index in [4.69, 9.17) is 14.2 Å². The van der Waals surface area contributed by atoms with E-state index in [0.717, 1.165) is 103 Å². The van der Waals surface area contributed by atoms with E-state index >= 15 is 0 Å². The van der Waals surface area contributed by atoms with Gasteiger partial charge in [-0.1, -0.05) is 312 Å². The second-order valence-corrected chi connectivity index (χ2v) is 22.7. The Hall–Kier alpha value is -3.15. The van der Waals surface area contributed by atoms with Crippen molar-refractivity contribution in [2.75, 3.05) is 13.2 Å². The molecule has 0 N–H and O–H groups in total. The van der Waals surface area contributed by atoms with Crippen molar-refractivity contribution < 1.29 is 28.6 Å². The van der Waals surface area contributed by atoms with Crippen LogP contribution in [0.1, 0.15) is 348 Å². The molecule has 1 unspecified atom stereocenters. The maximum Gasteiger partial charge on any atom is 0.306 e. The standard InChI is InChI=1S/C72H128O6/c1-4-7-10-13-16-19-22-25-28-31-33-34-35-36-37-38-40-41-44-47-50-53-56-59-62-65-71(74)77-68-69(67-76-70(73)64-61-58-55-52-49-46-43-30-27-24-21-18-15-12-9-6-3)78-72(75)66-63-60-57-54-51-48-45-42-39-32-29-26-23-20-17-14-11-8-5-2/h8,11,17,20,22,25-26,29,31,33,39,42,69H,4-7,9-10,12-16,18-19,21,23-24,27-28,30,32,34-38,40-41,43-68H2,1-3H3/b11-8-,20-17-,25-22-,29-26-,33-31-,42-39-. The van der Waals surface area contributed by atoms with E-state index in [9.17, 15) is 14.4 Å². The number of carbonyl (C=O) groups excluding carboxylic acids is 3. The molecule has 1 atom stereocenters. The van der Waals surface area contributed by atoms with E-state index in [0.29, 0.717) is 19.3 Å². The summed E-state index contributed by atoms with van der Waals surface area (Å²) in [7, 11) is 0. The average molecular weight is 1090 g/mol.